The van der Waals surface area contributed by atoms with Crippen molar-refractivity contribution in [2.24, 2.45) is 0 Å². The van der Waals surface area contributed by atoms with E-state index in [0.717, 1.165) is 11.1 Å². The molecule has 102 valence electrons. The fourth-order valence-corrected chi connectivity index (χ4v) is 2.53. The van der Waals surface area contributed by atoms with E-state index < -0.39 is 10.2 Å². The summed E-state index contributed by atoms with van der Waals surface area (Å²) in [7, 11) is -1.95. The second kappa shape index (κ2) is 6.29. The molecule has 18 heavy (non-hydrogen) atoms. The zero-order valence-corrected chi connectivity index (χ0v) is 11.7. The van der Waals surface area contributed by atoms with Crippen molar-refractivity contribution in [3.8, 4) is 0 Å². The summed E-state index contributed by atoms with van der Waals surface area (Å²) in [6.07, 6.45) is 0. The normalized spacial score (nSPS) is 12.3. The van der Waals surface area contributed by atoms with E-state index in [0.29, 0.717) is 0 Å². The largest absolute Gasteiger partial charge is 0.392 e. The predicted octanol–water partition coefficient (Wildman–Crippen LogP) is 0.853. The summed E-state index contributed by atoms with van der Waals surface area (Å²) in [5, 5.41) is 9.16. The molecule has 1 rings (SSSR count). The number of aliphatic hydroxyl groups is 1. The molecule has 0 fully saturated rings. The van der Waals surface area contributed by atoms with Gasteiger partial charge in [-0.25, -0.2) is 0 Å². The molecule has 0 atom stereocenters. The minimum Gasteiger partial charge on any atom is -0.392 e. The molecule has 0 aromatic heterocycles. The quantitative estimate of drug-likeness (QED) is 0.806. The van der Waals surface area contributed by atoms with E-state index in [1.165, 1.54) is 11.4 Å². The van der Waals surface area contributed by atoms with Crippen LogP contribution in [0.2, 0.25) is 0 Å². The average Bonchev–Trinajstić information content (AvgIpc) is 2.35. The van der Waals surface area contributed by atoms with Gasteiger partial charge >= 0.3 is 0 Å². The average molecular weight is 272 g/mol. The van der Waals surface area contributed by atoms with Gasteiger partial charge in [-0.3, -0.25) is 0 Å². The highest BCUT2D eigenvalue weighted by molar-refractivity contribution is 7.87. The molecule has 0 radical (unpaired) electrons. The first kappa shape index (κ1) is 15.1. The van der Waals surface area contributed by atoms with Gasteiger partial charge in [-0.2, -0.15) is 17.4 Å². The third-order valence-corrected chi connectivity index (χ3v) is 4.53. The van der Waals surface area contributed by atoms with E-state index in [2.05, 4.69) is 4.72 Å². The topological polar surface area (TPSA) is 69.6 Å². The monoisotopic (exact) mass is 272 g/mol. The van der Waals surface area contributed by atoms with Gasteiger partial charge in [-0.1, -0.05) is 24.3 Å². The van der Waals surface area contributed by atoms with Gasteiger partial charge in [-0.05, 0) is 25.0 Å². The van der Waals surface area contributed by atoms with Crippen molar-refractivity contribution in [2.75, 3.05) is 7.05 Å². The Morgan fingerprint density at radius 2 is 1.83 bits per heavy atom. The molecule has 0 aliphatic rings. The fourth-order valence-electron chi connectivity index (χ4n) is 1.43. The van der Waals surface area contributed by atoms with Crippen LogP contribution >= 0.6 is 0 Å². The highest BCUT2D eigenvalue weighted by atomic mass is 32.2. The van der Waals surface area contributed by atoms with Gasteiger partial charge < -0.3 is 5.11 Å². The van der Waals surface area contributed by atoms with Crippen LogP contribution in [0.1, 0.15) is 25.0 Å². The smallest absolute Gasteiger partial charge is 0.279 e. The molecule has 0 spiro atoms. The van der Waals surface area contributed by atoms with Crippen molar-refractivity contribution in [3.05, 3.63) is 35.4 Å². The van der Waals surface area contributed by atoms with Gasteiger partial charge in [0.1, 0.15) is 0 Å². The van der Waals surface area contributed by atoms with Crippen LogP contribution in [-0.4, -0.2) is 30.9 Å². The Morgan fingerprint density at radius 3 is 2.33 bits per heavy atom. The summed E-state index contributed by atoms with van der Waals surface area (Å²) in [4.78, 5) is 0. The first-order chi connectivity index (χ1) is 8.38. The summed E-state index contributed by atoms with van der Waals surface area (Å²) >= 11 is 0. The minimum atomic E-state index is -3.48. The third kappa shape index (κ3) is 3.78. The Morgan fingerprint density at radius 1 is 1.28 bits per heavy atom. The van der Waals surface area contributed by atoms with E-state index in [-0.39, 0.29) is 19.2 Å². The van der Waals surface area contributed by atoms with Crippen LogP contribution in [0.15, 0.2) is 24.3 Å². The molecule has 5 nitrogen and oxygen atoms in total. The lowest BCUT2D eigenvalue weighted by atomic mass is 10.1. The van der Waals surface area contributed by atoms with E-state index in [9.17, 15) is 8.42 Å². The molecule has 0 saturated heterocycles. The first-order valence-electron chi connectivity index (χ1n) is 5.78. The summed E-state index contributed by atoms with van der Waals surface area (Å²) in [6, 6.07) is 7.09. The van der Waals surface area contributed by atoms with Gasteiger partial charge in [0.05, 0.1) is 6.61 Å². The number of benzene rings is 1. The van der Waals surface area contributed by atoms with Crippen LogP contribution in [0.4, 0.5) is 0 Å². The van der Waals surface area contributed by atoms with Crippen molar-refractivity contribution in [3.63, 3.8) is 0 Å². The number of rotatable bonds is 6. The first-order valence-corrected chi connectivity index (χ1v) is 7.22. The standard InChI is InChI=1S/C12H20N2O3S/c1-10(2)14(3)18(16,17)13-8-11-6-4-5-7-12(11)9-15/h4-7,10,13,15H,8-9H2,1-3H3. The number of nitrogens with zero attached hydrogens (tertiary/aromatic N) is 1. The van der Waals surface area contributed by atoms with Crippen molar-refractivity contribution in [2.45, 2.75) is 33.0 Å². The zero-order chi connectivity index (χ0) is 13.8. The second-order valence-corrected chi connectivity index (χ2v) is 6.18. The van der Waals surface area contributed by atoms with Crippen molar-refractivity contribution < 1.29 is 13.5 Å². The van der Waals surface area contributed by atoms with Gasteiger partial charge in [0.2, 0.25) is 0 Å². The molecular formula is C12H20N2O3S. The van der Waals surface area contributed by atoms with Crippen molar-refractivity contribution in [1.29, 1.82) is 0 Å². The number of aliphatic hydroxyl groups excluding tert-OH is 1. The van der Waals surface area contributed by atoms with E-state index in [4.69, 9.17) is 5.11 Å². The van der Waals surface area contributed by atoms with Gasteiger partial charge in [0.15, 0.2) is 0 Å². The molecule has 0 unspecified atom stereocenters. The molecule has 1 aromatic rings. The zero-order valence-electron chi connectivity index (χ0n) is 10.9. The Bertz CT molecular complexity index is 486. The van der Waals surface area contributed by atoms with E-state index in [1.54, 1.807) is 26.0 Å². The lowest BCUT2D eigenvalue weighted by molar-refractivity contribution is 0.280. The lowest BCUT2D eigenvalue weighted by Gasteiger charge is -2.21. The van der Waals surface area contributed by atoms with Crippen LogP contribution in [0.3, 0.4) is 0 Å². The molecule has 0 saturated carbocycles. The van der Waals surface area contributed by atoms with Crippen LogP contribution in [0.5, 0.6) is 0 Å². The number of nitrogens with one attached hydrogen (secondary N) is 1. The molecule has 0 bridgehead atoms. The molecule has 0 heterocycles. The number of hydrogen-bond acceptors (Lipinski definition) is 3. The molecule has 2 N–H and O–H groups in total. The molecule has 0 aliphatic heterocycles. The summed E-state index contributed by atoms with van der Waals surface area (Å²) in [5.41, 5.74) is 1.51. The maximum Gasteiger partial charge on any atom is 0.279 e. The Labute approximate surface area is 109 Å². The highest BCUT2D eigenvalue weighted by Gasteiger charge is 2.19. The third-order valence-electron chi connectivity index (χ3n) is 2.84. The lowest BCUT2D eigenvalue weighted by Crippen LogP contribution is -2.41. The Kier molecular flexibility index (Phi) is 5.28. The maximum absolute atomic E-state index is 11.9. The SMILES string of the molecule is CC(C)N(C)S(=O)(=O)NCc1ccccc1CO. The van der Waals surface area contributed by atoms with Crippen LogP contribution in [0.25, 0.3) is 0 Å². The van der Waals surface area contributed by atoms with Crippen molar-refractivity contribution in [1.82, 2.24) is 9.03 Å². The highest BCUT2D eigenvalue weighted by Crippen LogP contribution is 2.09. The summed E-state index contributed by atoms with van der Waals surface area (Å²) < 4.78 is 27.6. The Balaban J connectivity index is 2.76. The van der Waals surface area contributed by atoms with E-state index in [1.807, 2.05) is 12.1 Å². The molecule has 6 heteroatoms. The van der Waals surface area contributed by atoms with Crippen LogP contribution in [-0.2, 0) is 23.4 Å². The van der Waals surface area contributed by atoms with Crippen LogP contribution < -0.4 is 4.72 Å². The van der Waals surface area contributed by atoms with Gasteiger partial charge in [-0.15, -0.1) is 0 Å². The molecule has 1 aromatic carbocycles. The minimum absolute atomic E-state index is 0.0993. The molecular weight excluding hydrogens is 252 g/mol. The maximum atomic E-state index is 11.9. The fraction of sp³-hybridized carbons (Fsp3) is 0.500. The Hall–Kier alpha value is -0.950. The van der Waals surface area contributed by atoms with Gasteiger partial charge in [0.25, 0.3) is 10.2 Å². The van der Waals surface area contributed by atoms with Crippen LogP contribution in [0, 0.1) is 0 Å². The van der Waals surface area contributed by atoms with E-state index >= 15 is 0 Å². The number of hydrogen-bond donors (Lipinski definition) is 2. The van der Waals surface area contributed by atoms with Gasteiger partial charge in [0, 0.05) is 19.6 Å². The summed E-state index contributed by atoms with van der Waals surface area (Å²) in [5.74, 6) is 0. The second-order valence-electron chi connectivity index (χ2n) is 4.36. The molecule has 0 amide bonds. The van der Waals surface area contributed by atoms with Crippen molar-refractivity contribution >= 4 is 10.2 Å². The predicted molar refractivity (Wildman–Crippen MR) is 71.0 cm³/mol. The summed E-state index contributed by atoms with van der Waals surface area (Å²) in [6.45, 7) is 3.69. The molecule has 0 aliphatic carbocycles.